The molecule has 80 valence electrons. The summed E-state index contributed by atoms with van der Waals surface area (Å²) < 4.78 is 0. The number of hydrogen-bond donors (Lipinski definition) is 1. The predicted octanol–water partition coefficient (Wildman–Crippen LogP) is 3.30. The summed E-state index contributed by atoms with van der Waals surface area (Å²) in [5, 5.41) is 3.49. The van der Waals surface area contributed by atoms with Gasteiger partial charge in [0.1, 0.15) is 0 Å². The number of hydrogen-bond acceptors (Lipinski definition) is 1. The highest BCUT2D eigenvalue weighted by Gasteiger charge is 2.24. The first-order chi connectivity index (χ1) is 5.89. The molecule has 1 nitrogen and oxygen atoms in total. The molecule has 0 aromatic heterocycles. The average molecular weight is 185 g/mol. The van der Waals surface area contributed by atoms with Crippen LogP contribution in [-0.4, -0.2) is 13.1 Å². The molecule has 2 unspecified atom stereocenters. The Bertz CT molecular complexity index is 124. The van der Waals surface area contributed by atoms with Gasteiger partial charge in [-0.3, -0.25) is 0 Å². The number of rotatable bonds is 5. The Morgan fingerprint density at radius 2 is 1.69 bits per heavy atom. The van der Waals surface area contributed by atoms with Crippen molar-refractivity contribution in [3.05, 3.63) is 0 Å². The lowest BCUT2D eigenvalue weighted by molar-refractivity contribution is 0.185. The third kappa shape index (κ3) is 5.30. The molecule has 0 heterocycles. The molecule has 0 aromatic rings. The first kappa shape index (κ1) is 13.0. The summed E-state index contributed by atoms with van der Waals surface area (Å²) in [7, 11) is 0. The molecule has 0 aliphatic rings. The van der Waals surface area contributed by atoms with E-state index in [2.05, 4.69) is 46.9 Å². The molecule has 1 N–H and O–H groups in total. The van der Waals surface area contributed by atoms with Gasteiger partial charge in [-0.2, -0.15) is 0 Å². The van der Waals surface area contributed by atoms with Crippen molar-refractivity contribution in [2.45, 2.75) is 48.0 Å². The van der Waals surface area contributed by atoms with Crippen molar-refractivity contribution in [3.8, 4) is 0 Å². The molecule has 1 heteroatoms. The van der Waals surface area contributed by atoms with Crippen molar-refractivity contribution in [1.82, 2.24) is 5.32 Å². The Morgan fingerprint density at radius 1 is 1.15 bits per heavy atom. The molecule has 0 spiro atoms. The van der Waals surface area contributed by atoms with E-state index in [9.17, 15) is 0 Å². The second-order valence-corrected chi connectivity index (χ2v) is 5.34. The van der Waals surface area contributed by atoms with Crippen LogP contribution < -0.4 is 5.32 Å². The molecule has 0 radical (unpaired) electrons. The second kappa shape index (κ2) is 5.64. The zero-order valence-electron chi connectivity index (χ0n) is 10.3. The van der Waals surface area contributed by atoms with E-state index in [1.54, 1.807) is 0 Å². The summed E-state index contributed by atoms with van der Waals surface area (Å²) in [6.07, 6.45) is 1.23. The highest BCUT2D eigenvalue weighted by molar-refractivity contribution is 4.75. The summed E-state index contributed by atoms with van der Waals surface area (Å²) in [5.41, 5.74) is 0.438. The Labute approximate surface area is 84.3 Å². The molecule has 0 amide bonds. The van der Waals surface area contributed by atoms with Gasteiger partial charge in [0.25, 0.3) is 0 Å². The average Bonchev–Trinajstić information content (AvgIpc) is 2.01. The fraction of sp³-hybridized carbons (Fsp3) is 1.00. The standard InChI is InChI=1S/C12H27N/c1-7-8-13-9-10(2)11(3)12(4,5)6/h10-11,13H,7-9H2,1-6H3. The third-order valence-corrected chi connectivity index (χ3v) is 3.11. The Morgan fingerprint density at radius 3 is 2.08 bits per heavy atom. The fourth-order valence-electron chi connectivity index (χ4n) is 1.54. The molecular weight excluding hydrogens is 158 g/mol. The van der Waals surface area contributed by atoms with Crippen LogP contribution in [0.25, 0.3) is 0 Å². The predicted molar refractivity (Wildman–Crippen MR) is 60.9 cm³/mol. The van der Waals surface area contributed by atoms with E-state index >= 15 is 0 Å². The Kier molecular flexibility index (Phi) is 5.62. The Balaban J connectivity index is 3.76. The molecule has 0 saturated carbocycles. The van der Waals surface area contributed by atoms with E-state index in [0.29, 0.717) is 5.41 Å². The van der Waals surface area contributed by atoms with Crippen LogP contribution in [0.3, 0.4) is 0 Å². The maximum atomic E-state index is 3.49. The van der Waals surface area contributed by atoms with E-state index in [0.717, 1.165) is 24.9 Å². The van der Waals surface area contributed by atoms with E-state index in [-0.39, 0.29) is 0 Å². The lowest BCUT2D eigenvalue weighted by Gasteiger charge is -2.32. The molecule has 0 aliphatic carbocycles. The van der Waals surface area contributed by atoms with Crippen LogP contribution in [0.5, 0.6) is 0 Å². The van der Waals surface area contributed by atoms with Crippen molar-refractivity contribution in [3.63, 3.8) is 0 Å². The van der Waals surface area contributed by atoms with Crippen LogP contribution in [-0.2, 0) is 0 Å². The number of nitrogens with one attached hydrogen (secondary N) is 1. The second-order valence-electron chi connectivity index (χ2n) is 5.34. The van der Waals surface area contributed by atoms with Gasteiger partial charge in [-0.1, -0.05) is 41.5 Å². The van der Waals surface area contributed by atoms with Crippen molar-refractivity contribution in [1.29, 1.82) is 0 Å². The van der Waals surface area contributed by atoms with Gasteiger partial charge in [-0.05, 0) is 36.8 Å². The van der Waals surface area contributed by atoms with Crippen LogP contribution in [0.1, 0.15) is 48.0 Å². The minimum absolute atomic E-state index is 0.438. The molecule has 0 rings (SSSR count). The maximum Gasteiger partial charge on any atom is -0.00204 e. The minimum atomic E-state index is 0.438. The van der Waals surface area contributed by atoms with Crippen LogP contribution in [0.4, 0.5) is 0 Å². The molecule has 13 heavy (non-hydrogen) atoms. The van der Waals surface area contributed by atoms with E-state index in [4.69, 9.17) is 0 Å². The smallest absolute Gasteiger partial charge is 0.00204 e. The summed E-state index contributed by atoms with van der Waals surface area (Å²) >= 11 is 0. The van der Waals surface area contributed by atoms with Gasteiger partial charge in [0.05, 0.1) is 0 Å². The highest BCUT2D eigenvalue weighted by atomic mass is 14.8. The summed E-state index contributed by atoms with van der Waals surface area (Å²) in [4.78, 5) is 0. The fourth-order valence-corrected chi connectivity index (χ4v) is 1.54. The quantitative estimate of drug-likeness (QED) is 0.648. The monoisotopic (exact) mass is 185 g/mol. The molecule has 0 bridgehead atoms. The normalized spacial score (nSPS) is 17.1. The Hall–Kier alpha value is -0.0400. The van der Waals surface area contributed by atoms with Gasteiger partial charge in [0, 0.05) is 0 Å². The summed E-state index contributed by atoms with van der Waals surface area (Å²) in [6, 6.07) is 0. The minimum Gasteiger partial charge on any atom is -0.316 e. The van der Waals surface area contributed by atoms with Gasteiger partial charge in [0.15, 0.2) is 0 Å². The first-order valence-corrected chi connectivity index (χ1v) is 5.60. The maximum absolute atomic E-state index is 3.49. The molecular formula is C12H27N. The molecule has 0 saturated heterocycles. The highest BCUT2D eigenvalue weighted by Crippen LogP contribution is 2.31. The van der Waals surface area contributed by atoms with E-state index < -0.39 is 0 Å². The third-order valence-electron chi connectivity index (χ3n) is 3.11. The summed E-state index contributed by atoms with van der Waals surface area (Å²) in [5.74, 6) is 1.54. The molecule has 0 aromatic carbocycles. The van der Waals surface area contributed by atoms with Crippen molar-refractivity contribution in [2.24, 2.45) is 17.3 Å². The lowest BCUT2D eigenvalue weighted by Crippen LogP contribution is -2.31. The van der Waals surface area contributed by atoms with Gasteiger partial charge in [0.2, 0.25) is 0 Å². The van der Waals surface area contributed by atoms with Gasteiger partial charge in [-0.15, -0.1) is 0 Å². The van der Waals surface area contributed by atoms with Crippen LogP contribution in [0.15, 0.2) is 0 Å². The van der Waals surface area contributed by atoms with Crippen LogP contribution >= 0.6 is 0 Å². The van der Waals surface area contributed by atoms with Crippen molar-refractivity contribution >= 4 is 0 Å². The summed E-state index contributed by atoms with van der Waals surface area (Å²) in [6.45, 7) is 16.2. The van der Waals surface area contributed by atoms with E-state index in [1.807, 2.05) is 0 Å². The lowest BCUT2D eigenvalue weighted by atomic mass is 9.75. The SMILES string of the molecule is CCCNCC(C)C(C)C(C)(C)C. The largest absolute Gasteiger partial charge is 0.316 e. The topological polar surface area (TPSA) is 12.0 Å². The molecule has 0 aliphatic heterocycles. The van der Waals surface area contributed by atoms with Crippen molar-refractivity contribution in [2.75, 3.05) is 13.1 Å². The van der Waals surface area contributed by atoms with Gasteiger partial charge >= 0.3 is 0 Å². The molecule has 0 fully saturated rings. The first-order valence-electron chi connectivity index (χ1n) is 5.60. The van der Waals surface area contributed by atoms with Crippen LogP contribution in [0.2, 0.25) is 0 Å². The van der Waals surface area contributed by atoms with Gasteiger partial charge in [-0.25, -0.2) is 0 Å². The van der Waals surface area contributed by atoms with E-state index in [1.165, 1.54) is 6.42 Å². The zero-order chi connectivity index (χ0) is 10.5. The van der Waals surface area contributed by atoms with Crippen molar-refractivity contribution < 1.29 is 0 Å². The molecule has 2 atom stereocenters. The van der Waals surface area contributed by atoms with Crippen LogP contribution in [0, 0.1) is 17.3 Å². The van der Waals surface area contributed by atoms with Gasteiger partial charge < -0.3 is 5.32 Å². The zero-order valence-corrected chi connectivity index (χ0v) is 10.3.